The van der Waals surface area contributed by atoms with Crippen molar-refractivity contribution in [2.45, 2.75) is 6.92 Å². The highest BCUT2D eigenvalue weighted by molar-refractivity contribution is 5.75. The molecule has 0 bridgehead atoms. The molecule has 2 rings (SSSR count). The Morgan fingerprint density at radius 1 is 1.23 bits per heavy atom. The lowest BCUT2D eigenvalue weighted by Crippen LogP contribution is -2.30. The smallest absolute Gasteiger partial charge is 0.226 e. The normalized spacial score (nSPS) is 10.6. The SMILES string of the molecule is Cc1ccc2ccc(F)cc2[n+]1[O-]. The van der Waals surface area contributed by atoms with Gasteiger partial charge in [0.1, 0.15) is 5.82 Å². The molecule has 0 unspecified atom stereocenters. The molecule has 0 aliphatic heterocycles. The van der Waals surface area contributed by atoms with Gasteiger partial charge in [0.2, 0.25) is 5.52 Å². The zero-order valence-electron chi connectivity index (χ0n) is 7.12. The van der Waals surface area contributed by atoms with Crippen LogP contribution in [0.4, 0.5) is 4.39 Å². The van der Waals surface area contributed by atoms with Crippen LogP contribution >= 0.6 is 0 Å². The Bertz CT molecular complexity index is 462. The number of pyridine rings is 1. The summed E-state index contributed by atoms with van der Waals surface area (Å²) in [6.45, 7) is 1.69. The first-order chi connectivity index (χ1) is 6.18. The van der Waals surface area contributed by atoms with Crippen molar-refractivity contribution >= 4 is 10.9 Å². The molecule has 0 spiro atoms. The van der Waals surface area contributed by atoms with Crippen molar-refractivity contribution in [3.63, 3.8) is 0 Å². The van der Waals surface area contributed by atoms with E-state index in [9.17, 15) is 9.60 Å². The van der Waals surface area contributed by atoms with Gasteiger partial charge in [0, 0.05) is 24.4 Å². The number of rotatable bonds is 0. The third-order valence-corrected chi connectivity index (χ3v) is 2.04. The Balaban J connectivity index is 2.89. The lowest BCUT2D eigenvalue weighted by atomic mass is 10.2. The quantitative estimate of drug-likeness (QED) is 0.446. The van der Waals surface area contributed by atoms with Gasteiger partial charge in [0.25, 0.3) is 0 Å². The van der Waals surface area contributed by atoms with Gasteiger partial charge in [0.05, 0.1) is 0 Å². The van der Waals surface area contributed by atoms with Crippen molar-refractivity contribution in [2.24, 2.45) is 0 Å². The average molecular weight is 177 g/mol. The molecule has 0 saturated carbocycles. The van der Waals surface area contributed by atoms with Gasteiger partial charge in [-0.3, -0.25) is 0 Å². The topological polar surface area (TPSA) is 26.9 Å². The molecule has 2 aromatic rings. The largest absolute Gasteiger partial charge is 0.618 e. The molecule has 0 radical (unpaired) electrons. The first kappa shape index (κ1) is 7.98. The van der Waals surface area contributed by atoms with E-state index in [1.54, 1.807) is 25.1 Å². The molecule has 0 fully saturated rings. The van der Waals surface area contributed by atoms with Crippen LogP contribution in [0.15, 0.2) is 30.3 Å². The molecular formula is C10H8FNO. The number of aryl methyl sites for hydroxylation is 1. The zero-order chi connectivity index (χ0) is 9.42. The van der Waals surface area contributed by atoms with Crippen LogP contribution in [0, 0.1) is 17.9 Å². The summed E-state index contributed by atoms with van der Waals surface area (Å²) in [5.74, 6) is -0.386. The highest BCUT2D eigenvalue weighted by atomic mass is 19.1. The maximum atomic E-state index is 12.8. The Morgan fingerprint density at radius 3 is 2.69 bits per heavy atom. The first-order valence-electron chi connectivity index (χ1n) is 3.97. The molecule has 0 saturated heterocycles. The van der Waals surface area contributed by atoms with E-state index >= 15 is 0 Å². The van der Waals surface area contributed by atoms with Crippen LogP contribution in [0.25, 0.3) is 10.9 Å². The molecule has 2 nitrogen and oxygen atoms in total. The predicted octanol–water partition coefficient (Wildman–Crippen LogP) is 1.92. The van der Waals surface area contributed by atoms with Crippen molar-refractivity contribution in [1.82, 2.24) is 0 Å². The standard InChI is InChI=1S/C10H8FNO/c1-7-2-3-8-4-5-9(11)6-10(8)12(7)13/h2-6H,1H3. The number of benzene rings is 1. The van der Waals surface area contributed by atoms with Crippen LogP contribution in [-0.2, 0) is 0 Å². The van der Waals surface area contributed by atoms with Crippen molar-refractivity contribution in [2.75, 3.05) is 0 Å². The Hall–Kier alpha value is -1.64. The maximum absolute atomic E-state index is 12.8. The number of fused-ring (bicyclic) bond motifs is 1. The molecule has 0 atom stereocenters. The molecular weight excluding hydrogens is 169 g/mol. The van der Waals surface area contributed by atoms with Gasteiger partial charge in [-0.2, -0.15) is 4.73 Å². The number of nitrogens with zero attached hydrogens (tertiary/aromatic N) is 1. The van der Waals surface area contributed by atoms with Gasteiger partial charge < -0.3 is 5.21 Å². The molecule has 1 heterocycles. The van der Waals surface area contributed by atoms with Gasteiger partial charge in [-0.25, -0.2) is 4.39 Å². The van der Waals surface area contributed by atoms with Crippen LogP contribution in [0.1, 0.15) is 5.69 Å². The van der Waals surface area contributed by atoms with Crippen LogP contribution < -0.4 is 4.73 Å². The Kier molecular flexibility index (Phi) is 1.65. The van der Waals surface area contributed by atoms with Gasteiger partial charge in [-0.1, -0.05) is 0 Å². The summed E-state index contributed by atoms with van der Waals surface area (Å²) >= 11 is 0. The lowest BCUT2D eigenvalue weighted by molar-refractivity contribution is -0.584. The van der Waals surface area contributed by atoms with Crippen LogP contribution in [0.3, 0.4) is 0 Å². The average Bonchev–Trinajstić information content (AvgIpc) is 2.12. The Labute approximate surface area is 74.8 Å². The van der Waals surface area contributed by atoms with Crippen LogP contribution in [0.2, 0.25) is 0 Å². The number of aromatic nitrogens is 1. The fourth-order valence-electron chi connectivity index (χ4n) is 1.30. The molecule has 0 N–H and O–H groups in total. The van der Waals surface area contributed by atoms with Crippen molar-refractivity contribution in [1.29, 1.82) is 0 Å². The molecule has 0 aliphatic rings. The predicted molar refractivity (Wildman–Crippen MR) is 47.6 cm³/mol. The van der Waals surface area contributed by atoms with Crippen molar-refractivity contribution in [3.05, 3.63) is 47.1 Å². The number of halogens is 1. The molecule has 1 aromatic carbocycles. The van der Waals surface area contributed by atoms with E-state index in [0.717, 1.165) is 10.1 Å². The second-order valence-corrected chi connectivity index (χ2v) is 2.97. The summed E-state index contributed by atoms with van der Waals surface area (Å²) in [5, 5.41) is 12.2. The monoisotopic (exact) mass is 177 g/mol. The van der Waals surface area contributed by atoms with E-state index in [1.807, 2.05) is 0 Å². The minimum Gasteiger partial charge on any atom is -0.618 e. The summed E-state index contributed by atoms with van der Waals surface area (Å²) in [4.78, 5) is 0. The van der Waals surface area contributed by atoms with E-state index in [0.29, 0.717) is 11.2 Å². The molecule has 3 heteroatoms. The van der Waals surface area contributed by atoms with Gasteiger partial charge >= 0.3 is 0 Å². The van der Waals surface area contributed by atoms with E-state index in [2.05, 4.69) is 0 Å². The van der Waals surface area contributed by atoms with Gasteiger partial charge in [-0.15, -0.1) is 0 Å². The number of hydrogen-bond donors (Lipinski definition) is 0. The van der Waals surface area contributed by atoms with E-state index in [1.165, 1.54) is 12.1 Å². The van der Waals surface area contributed by atoms with Gasteiger partial charge in [0.15, 0.2) is 5.69 Å². The van der Waals surface area contributed by atoms with E-state index < -0.39 is 0 Å². The zero-order valence-corrected chi connectivity index (χ0v) is 7.12. The van der Waals surface area contributed by atoms with E-state index in [4.69, 9.17) is 0 Å². The lowest BCUT2D eigenvalue weighted by Gasteiger charge is -2.03. The molecule has 1 aromatic heterocycles. The summed E-state index contributed by atoms with van der Waals surface area (Å²) in [7, 11) is 0. The summed E-state index contributed by atoms with van der Waals surface area (Å²) in [5.41, 5.74) is 0.943. The summed E-state index contributed by atoms with van der Waals surface area (Å²) in [6.07, 6.45) is 0. The summed E-state index contributed by atoms with van der Waals surface area (Å²) < 4.78 is 13.5. The minimum absolute atomic E-state index is 0.375. The third-order valence-electron chi connectivity index (χ3n) is 2.04. The van der Waals surface area contributed by atoms with Crippen molar-refractivity contribution < 1.29 is 9.12 Å². The fraction of sp³-hybridized carbons (Fsp3) is 0.100. The van der Waals surface area contributed by atoms with Crippen molar-refractivity contribution in [3.8, 4) is 0 Å². The second-order valence-electron chi connectivity index (χ2n) is 2.97. The molecule has 0 aliphatic carbocycles. The van der Waals surface area contributed by atoms with Gasteiger partial charge in [-0.05, 0) is 18.2 Å². The maximum Gasteiger partial charge on any atom is 0.226 e. The summed E-state index contributed by atoms with van der Waals surface area (Å²) in [6, 6.07) is 7.71. The molecule has 13 heavy (non-hydrogen) atoms. The first-order valence-corrected chi connectivity index (χ1v) is 3.97. The van der Waals surface area contributed by atoms with Crippen LogP contribution in [0.5, 0.6) is 0 Å². The van der Waals surface area contributed by atoms with Crippen LogP contribution in [-0.4, -0.2) is 0 Å². The highest BCUT2D eigenvalue weighted by Crippen LogP contribution is 2.11. The number of hydrogen-bond acceptors (Lipinski definition) is 1. The minimum atomic E-state index is -0.386. The Morgan fingerprint density at radius 2 is 1.92 bits per heavy atom. The third kappa shape index (κ3) is 1.22. The molecule has 0 amide bonds. The highest BCUT2D eigenvalue weighted by Gasteiger charge is 2.06. The second kappa shape index (κ2) is 2.69. The van der Waals surface area contributed by atoms with E-state index in [-0.39, 0.29) is 5.82 Å². The molecule has 66 valence electrons. The fourth-order valence-corrected chi connectivity index (χ4v) is 1.30.